The van der Waals surface area contributed by atoms with E-state index < -0.39 is 17.8 Å². The zero-order valence-corrected chi connectivity index (χ0v) is 22.9. The van der Waals surface area contributed by atoms with E-state index in [9.17, 15) is 18.0 Å². The smallest absolute Gasteiger partial charge is 0.433 e. The fraction of sp³-hybridized carbons (Fsp3) is 0.552. The number of carbonyl (C=O) groups is 1. The van der Waals surface area contributed by atoms with Gasteiger partial charge in [-0.3, -0.25) is 14.4 Å². The van der Waals surface area contributed by atoms with Crippen LogP contribution in [0.25, 0.3) is 10.9 Å². The molecule has 3 aromatic rings. The van der Waals surface area contributed by atoms with Crippen LogP contribution in [-0.4, -0.2) is 51.3 Å². The Morgan fingerprint density at radius 2 is 1.77 bits per heavy atom. The number of rotatable bonds is 4. The number of amides is 1. The van der Waals surface area contributed by atoms with Gasteiger partial charge in [0.15, 0.2) is 0 Å². The van der Waals surface area contributed by atoms with E-state index in [1.54, 1.807) is 12.1 Å². The highest BCUT2D eigenvalue weighted by Gasteiger charge is 2.40. The number of nitrogens with one attached hydrogen (secondary N) is 1. The molecule has 0 bridgehead atoms. The Bertz CT molecular complexity index is 1340. The number of halogens is 3. The Morgan fingerprint density at radius 3 is 2.38 bits per heavy atom. The van der Waals surface area contributed by atoms with E-state index in [-0.39, 0.29) is 11.2 Å². The van der Waals surface area contributed by atoms with Crippen molar-refractivity contribution in [3.8, 4) is 5.75 Å². The van der Waals surface area contributed by atoms with E-state index >= 15 is 0 Å². The second kappa shape index (κ2) is 10.1. The summed E-state index contributed by atoms with van der Waals surface area (Å²) in [7, 11) is 1.47. The standard InChI is InChI=1S/C29H36F3N5O2/c1-27(2,3)36-14-12-28(13-15-36)10-8-20(9-11-28)37-18-19-16-23(24(39-4)17-22(19)35-37)34-26(38)21-6-5-7-25(33-21)29(30,31)32/h5-7,16-18,20H,8-15H2,1-4H3,(H,34,38). The molecule has 2 aliphatic rings. The fourth-order valence-corrected chi connectivity index (χ4v) is 6.06. The molecule has 2 aromatic heterocycles. The summed E-state index contributed by atoms with van der Waals surface area (Å²) in [6, 6.07) is 7.04. The SMILES string of the molecule is COc1cc2nn(C3CCC4(CC3)CCN(C(C)(C)C)CC4)cc2cc1NC(=O)c1cccc(C(F)(F)F)n1. The van der Waals surface area contributed by atoms with Crippen molar-refractivity contribution < 1.29 is 22.7 Å². The maximum Gasteiger partial charge on any atom is 0.433 e. The summed E-state index contributed by atoms with van der Waals surface area (Å²) >= 11 is 0. The van der Waals surface area contributed by atoms with E-state index in [4.69, 9.17) is 9.84 Å². The van der Waals surface area contributed by atoms with Gasteiger partial charge in [0.2, 0.25) is 0 Å². The maximum atomic E-state index is 13.0. The largest absolute Gasteiger partial charge is 0.494 e. The van der Waals surface area contributed by atoms with E-state index in [1.165, 1.54) is 38.9 Å². The molecular weight excluding hydrogens is 507 g/mol. The third-order valence-electron chi connectivity index (χ3n) is 8.53. The number of piperidine rings is 1. The minimum absolute atomic E-state index is 0.219. The number of benzene rings is 1. The van der Waals surface area contributed by atoms with Gasteiger partial charge >= 0.3 is 6.18 Å². The van der Waals surface area contributed by atoms with E-state index in [1.807, 2.05) is 10.9 Å². The van der Waals surface area contributed by atoms with E-state index in [0.717, 1.165) is 49.0 Å². The van der Waals surface area contributed by atoms with Crippen LogP contribution in [-0.2, 0) is 6.18 Å². The third kappa shape index (κ3) is 5.76. The molecule has 1 spiro atoms. The first-order valence-electron chi connectivity index (χ1n) is 13.5. The average Bonchev–Trinajstić information content (AvgIpc) is 3.30. The lowest BCUT2D eigenvalue weighted by Gasteiger charge is -2.49. The Labute approximate surface area is 226 Å². The van der Waals surface area contributed by atoms with Crippen molar-refractivity contribution in [3.05, 3.63) is 47.9 Å². The minimum Gasteiger partial charge on any atom is -0.494 e. The Hall–Kier alpha value is -3.14. The Balaban J connectivity index is 1.29. The number of aromatic nitrogens is 3. The predicted octanol–water partition coefficient (Wildman–Crippen LogP) is 6.71. The molecule has 0 atom stereocenters. The number of pyridine rings is 1. The number of fused-ring (bicyclic) bond motifs is 1. The molecule has 1 N–H and O–H groups in total. The number of methoxy groups -OCH3 is 1. The van der Waals surface area contributed by atoms with Crippen LogP contribution in [0.3, 0.4) is 0 Å². The van der Waals surface area contributed by atoms with Gasteiger partial charge in [-0.2, -0.15) is 18.3 Å². The van der Waals surface area contributed by atoms with Gasteiger partial charge in [-0.1, -0.05) is 6.07 Å². The number of carbonyl (C=O) groups excluding carboxylic acids is 1. The molecule has 1 saturated heterocycles. The first kappa shape index (κ1) is 27.4. The van der Waals surface area contributed by atoms with E-state index in [0.29, 0.717) is 22.9 Å². The van der Waals surface area contributed by atoms with Crippen LogP contribution in [0.2, 0.25) is 0 Å². The van der Waals surface area contributed by atoms with Crippen LogP contribution in [0.5, 0.6) is 5.75 Å². The first-order chi connectivity index (χ1) is 18.4. The monoisotopic (exact) mass is 543 g/mol. The molecule has 10 heteroatoms. The van der Waals surface area contributed by atoms with Crippen molar-refractivity contribution in [2.24, 2.45) is 5.41 Å². The number of ether oxygens (including phenoxy) is 1. The van der Waals surface area contributed by atoms with Gasteiger partial charge < -0.3 is 10.1 Å². The fourth-order valence-electron chi connectivity index (χ4n) is 6.06. The van der Waals surface area contributed by atoms with Crippen molar-refractivity contribution in [2.75, 3.05) is 25.5 Å². The molecule has 7 nitrogen and oxygen atoms in total. The lowest BCUT2D eigenvalue weighted by atomic mass is 9.66. The first-order valence-corrected chi connectivity index (χ1v) is 13.5. The lowest BCUT2D eigenvalue weighted by Crippen LogP contribution is -2.49. The zero-order valence-electron chi connectivity index (χ0n) is 22.9. The van der Waals surface area contributed by atoms with Gasteiger partial charge in [0.25, 0.3) is 5.91 Å². The van der Waals surface area contributed by atoms with Crippen LogP contribution < -0.4 is 10.1 Å². The highest BCUT2D eigenvalue weighted by molar-refractivity contribution is 6.05. The van der Waals surface area contributed by atoms with Crippen LogP contribution in [0.1, 0.15) is 81.5 Å². The highest BCUT2D eigenvalue weighted by atomic mass is 19.4. The number of nitrogens with zero attached hydrogens (tertiary/aromatic N) is 4. The molecule has 210 valence electrons. The van der Waals surface area contributed by atoms with Crippen molar-refractivity contribution in [2.45, 2.75) is 77.1 Å². The lowest BCUT2D eigenvalue weighted by molar-refractivity contribution is -0.141. The van der Waals surface area contributed by atoms with Gasteiger partial charge in [0, 0.05) is 23.2 Å². The van der Waals surface area contributed by atoms with Crippen molar-refractivity contribution >= 4 is 22.5 Å². The number of likely N-dealkylation sites (tertiary alicyclic amines) is 1. The molecule has 1 saturated carbocycles. The minimum atomic E-state index is -4.63. The summed E-state index contributed by atoms with van der Waals surface area (Å²) in [6.07, 6.45) is 4.39. The molecule has 1 amide bonds. The van der Waals surface area contributed by atoms with Gasteiger partial charge in [-0.05, 0) is 96.0 Å². The molecule has 0 radical (unpaired) electrons. The molecule has 0 unspecified atom stereocenters. The maximum absolute atomic E-state index is 13.0. The van der Waals surface area contributed by atoms with Gasteiger partial charge in [-0.25, -0.2) is 4.98 Å². The predicted molar refractivity (Wildman–Crippen MR) is 144 cm³/mol. The molecule has 39 heavy (non-hydrogen) atoms. The van der Waals surface area contributed by atoms with Crippen molar-refractivity contribution in [1.82, 2.24) is 19.7 Å². The van der Waals surface area contributed by atoms with Crippen LogP contribution >= 0.6 is 0 Å². The second-order valence-electron chi connectivity index (χ2n) is 12.0. The van der Waals surface area contributed by atoms with Crippen LogP contribution in [0, 0.1) is 5.41 Å². The quantitative estimate of drug-likeness (QED) is 0.396. The van der Waals surface area contributed by atoms with Crippen molar-refractivity contribution in [1.29, 1.82) is 0 Å². The molecule has 1 aromatic carbocycles. The normalized spacial score (nSPS) is 18.9. The molecule has 1 aliphatic heterocycles. The number of hydrogen-bond acceptors (Lipinski definition) is 5. The third-order valence-corrected chi connectivity index (χ3v) is 8.53. The summed E-state index contributed by atoms with van der Waals surface area (Å²) in [4.78, 5) is 18.8. The molecular formula is C29H36F3N5O2. The van der Waals surface area contributed by atoms with Gasteiger partial charge in [-0.15, -0.1) is 0 Å². The molecule has 3 heterocycles. The molecule has 1 aliphatic carbocycles. The van der Waals surface area contributed by atoms with Gasteiger partial charge in [0.1, 0.15) is 17.1 Å². The zero-order chi connectivity index (χ0) is 28.0. The molecule has 5 rings (SSSR count). The topological polar surface area (TPSA) is 72.3 Å². The van der Waals surface area contributed by atoms with Crippen LogP contribution in [0.15, 0.2) is 36.5 Å². The van der Waals surface area contributed by atoms with E-state index in [2.05, 4.69) is 36.0 Å². The summed E-state index contributed by atoms with van der Waals surface area (Å²) in [5.74, 6) is -0.373. The summed E-state index contributed by atoms with van der Waals surface area (Å²) < 4.78 is 46.6. The second-order valence-corrected chi connectivity index (χ2v) is 12.0. The molecule has 2 fully saturated rings. The summed E-state index contributed by atoms with van der Waals surface area (Å²) in [6.45, 7) is 9.18. The number of hydrogen-bond donors (Lipinski definition) is 1. The van der Waals surface area contributed by atoms with Crippen LogP contribution in [0.4, 0.5) is 18.9 Å². The number of anilines is 1. The Morgan fingerprint density at radius 1 is 1.08 bits per heavy atom. The van der Waals surface area contributed by atoms with Crippen molar-refractivity contribution in [3.63, 3.8) is 0 Å². The highest BCUT2D eigenvalue weighted by Crippen LogP contribution is 2.48. The van der Waals surface area contributed by atoms with Gasteiger partial charge in [0.05, 0.1) is 24.4 Å². The average molecular weight is 544 g/mol. The Kier molecular flexibility index (Phi) is 7.11. The number of alkyl halides is 3. The summed E-state index contributed by atoms with van der Waals surface area (Å²) in [5, 5.41) is 8.29. The summed E-state index contributed by atoms with van der Waals surface area (Å²) in [5.41, 5.74) is 0.294.